The Morgan fingerprint density at radius 3 is 2.04 bits per heavy atom. The predicted octanol–water partition coefficient (Wildman–Crippen LogP) is 5.74. The molecule has 1 aromatic carbocycles. The van der Waals surface area contributed by atoms with Crippen LogP contribution >= 0.6 is 0 Å². The standard InChI is InChI=1S/C22H35N/c1-17(2)18(3)19-9-11-20(12-10-19)22(4)13-15-23(16-14-22)21-7-5-6-8-21/h9-12,17-18,21H,5-8,13-16H2,1-4H3. The van der Waals surface area contributed by atoms with Crippen molar-refractivity contribution < 1.29 is 0 Å². The van der Waals surface area contributed by atoms with E-state index in [-0.39, 0.29) is 0 Å². The molecule has 2 fully saturated rings. The number of nitrogens with zero attached hydrogens (tertiary/aromatic N) is 1. The van der Waals surface area contributed by atoms with Gasteiger partial charge in [-0.3, -0.25) is 0 Å². The minimum absolute atomic E-state index is 0.384. The van der Waals surface area contributed by atoms with Crippen LogP contribution < -0.4 is 0 Å². The molecule has 1 unspecified atom stereocenters. The van der Waals surface area contributed by atoms with E-state index in [2.05, 4.69) is 56.9 Å². The summed E-state index contributed by atoms with van der Waals surface area (Å²) < 4.78 is 0. The number of hydrogen-bond acceptors (Lipinski definition) is 1. The van der Waals surface area contributed by atoms with Crippen molar-refractivity contribution in [1.29, 1.82) is 0 Å². The first-order valence-electron chi connectivity index (χ1n) is 9.84. The summed E-state index contributed by atoms with van der Waals surface area (Å²) in [5.41, 5.74) is 3.44. The van der Waals surface area contributed by atoms with Crippen LogP contribution in [0.4, 0.5) is 0 Å². The first-order chi connectivity index (χ1) is 11.0. The molecule has 1 heteroatoms. The molecule has 3 rings (SSSR count). The van der Waals surface area contributed by atoms with E-state index in [1.165, 1.54) is 57.2 Å². The number of hydrogen-bond donors (Lipinski definition) is 0. The molecule has 128 valence electrons. The third-order valence-electron chi connectivity index (χ3n) is 6.88. The van der Waals surface area contributed by atoms with Gasteiger partial charge >= 0.3 is 0 Å². The minimum Gasteiger partial charge on any atom is -0.300 e. The maximum atomic E-state index is 2.78. The molecule has 1 saturated heterocycles. The quantitative estimate of drug-likeness (QED) is 0.685. The highest BCUT2D eigenvalue weighted by Crippen LogP contribution is 2.38. The molecular formula is C22H35N. The molecule has 2 aliphatic rings. The van der Waals surface area contributed by atoms with E-state index in [0.717, 1.165) is 6.04 Å². The van der Waals surface area contributed by atoms with E-state index >= 15 is 0 Å². The van der Waals surface area contributed by atoms with E-state index in [1.54, 1.807) is 5.56 Å². The lowest BCUT2D eigenvalue weighted by molar-refractivity contribution is 0.123. The van der Waals surface area contributed by atoms with Gasteiger partial charge < -0.3 is 4.90 Å². The lowest BCUT2D eigenvalue weighted by Crippen LogP contribution is -2.45. The zero-order valence-corrected chi connectivity index (χ0v) is 15.6. The normalized spacial score (nSPS) is 24.2. The smallest absolute Gasteiger partial charge is 0.00952 e. The Hall–Kier alpha value is -0.820. The van der Waals surface area contributed by atoms with Gasteiger partial charge in [0.05, 0.1) is 0 Å². The fourth-order valence-electron chi connectivity index (χ4n) is 4.51. The fraction of sp³-hybridized carbons (Fsp3) is 0.727. The second kappa shape index (κ2) is 6.97. The number of piperidine rings is 1. The van der Waals surface area contributed by atoms with Crippen molar-refractivity contribution in [2.24, 2.45) is 5.92 Å². The van der Waals surface area contributed by atoms with E-state index in [1.807, 2.05) is 0 Å². The summed E-state index contributed by atoms with van der Waals surface area (Å²) in [6, 6.07) is 10.5. The Labute approximate surface area is 143 Å². The molecular weight excluding hydrogens is 278 g/mol. The van der Waals surface area contributed by atoms with Gasteiger partial charge in [-0.2, -0.15) is 0 Å². The topological polar surface area (TPSA) is 3.24 Å². The summed E-state index contributed by atoms with van der Waals surface area (Å²) in [5, 5.41) is 0. The monoisotopic (exact) mass is 313 g/mol. The second-order valence-corrected chi connectivity index (χ2v) is 8.69. The summed E-state index contributed by atoms with van der Waals surface area (Å²) in [6.45, 7) is 12.1. The number of benzene rings is 1. The van der Waals surface area contributed by atoms with Crippen molar-refractivity contribution in [2.45, 2.75) is 83.6 Å². The summed E-state index contributed by atoms with van der Waals surface area (Å²) in [6.07, 6.45) is 8.43. The summed E-state index contributed by atoms with van der Waals surface area (Å²) in [7, 11) is 0. The third-order valence-corrected chi connectivity index (χ3v) is 6.88. The third kappa shape index (κ3) is 3.65. The predicted molar refractivity (Wildman–Crippen MR) is 100 cm³/mol. The van der Waals surface area contributed by atoms with E-state index < -0.39 is 0 Å². The van der Waals surface area contributed by atoms with Gasteiger partial charge in [0, 0.05) is 6.04 Å². The van der Waals surface area contributed by atoms with Gasteiger partial charge in [-0.15, -0.1) is 0 Å². The molecule has 1 atom stereocenters. The van der Waals surface area contributed by atoms with Gasteiger partial charge in [-0.1, -0.05) is 64.8 Å². The van der Waals surface area contributed by atoms with Crippen LogP contribution in [0.3, 0.4) is 0 Å². The van der Waals surface area contributed by atoms with Crippen molar-refractivity contribution in [3.8, 4) is 0 Å². The second-order valence-electron chi connectivity index (χ2n) is 8.69. The van der Waals surface area contributed by atoms with Crippen molar-refractivity contribution in [2.75, 3.05) is 13.1 Å². The molecule has 1 aliphatic heterocycles. The van der Waals surface area contributed by atoms with Crippen molar-refractivity contribution in [3.63, 3.8) is 0 Å². The van der Waals surface area contributed by atoms with Gasteiger partial charge in [0.2, 0.25) is 0 Å². The SMILES string of the molecule is CC(C)C(C)c1ccc(C2(C)CCN(C3CCCC3)CC2)cc1. The van der Waals surface area contributed by atoms with Crippen LogP contribution in [-0.4, -0.2) is 24.0 Å². The first kappa shape index (κ1) is 17.0. The zero-order valence-electron chi connectivity index (χ0n) is 15.6. The molecule has 0 spiro atoms. The number of likely N-dealkylation sites (tertiary alicyclic amines) is 1. The van der Waals surface area contributed by atoms with Crippen LogP contribution in [0.15, 0.2) is 24.3 Å². The van der Waals surface area contributed by atoms with Crippen molar-refractivity contribution >= 4 is 0 Å². The highest BCUT2D eigenvalue weighted by Gasteiger charge is 2.34. The van der Waals surface area contributed by atoms with Crippen LogP contribution in [0.25, 0.3) is 0 Å². The molecule has 1 aliphatic carbocycles. The molecule has 0 aromatic heterocycles. The average Bonchev–Trinajstić information content (AvgIpc) is 3.09. The zero-order chi connectivity index (χ0) is 16.4. The van der Waals surface area contributed by atoms with Crippen molar-refractivity contribution in [1.82, 2.24) is 4.90 Å². The van der Waals surface area contributed by atoms with Gasteiger partial charge in [0.25, 0.3) is 0 Å². The maximum Gasteiger partial charge on any atom is 0.00952 e. The average molecular weight is 314 g/mol. The van der Waals surface area contributed by atoms with E-state index in [4.69, 9.17) is 0 Å². The highest BCUT2D eigenvalue weighted by atomic mass is 15.2. The maximum absolute atomic E-state index is 2.78. The molecule has 0 N–H and O–H groups in total. The Balaban J connectivity index is 1.64. The molecule has 1 heterocycles. The van der Waals surface area contributed by atoms with Gasteiger partial charge in [-0.05, 0) is 67.2 Å². The Kier molecular flexibility index (Phi) is 5.16. The molecule has 1 saturated carbocycles. The molecule has 23 heavy (non-hydrogen) atoms. The Bertz CT molecular complexity index is 487. The Morgan fingerprint density at radius 2 is 1.52 bits per heavy atom. The van der Waals surface area contributed by atoms with E-state index in [9.17, 15) is 0 Å². The lowest BCUT2D eigenvalue weighted by atomic mass is 9.73. The van der Waals surface area contributed by atoms with Crippen LogP contribution in [0.1, 0.15) is 83.3 Å². The lowest BCUT2D eigenvalue weighted by Gasteiger charge is -2.42. The first-order valence-corrected chi connectivity index (χ1v) is 9.84. The molecule has 0 amide bonds. The summed E-state index contributed by atoms with van der Waals surface area (Å²) >= 11 is 0. The van der Waals surface area contributed by atoms with E-state index in [0.29, 0.717) is 17.3 Å². The molecule has 1 nitrogen and oxygen atoms in total. The van der Waals surface area contributed by atoms with Gasteiger partial charge in [0.15, 0.2) is 0 Å². The minimum atomic E-state index is 0.384. The van der Waals surface area contributed by atoms with Crippen LogP contribution in [0.2, 0.25) is 0 Å². The molecule has 1 aromatic rings. The fourth-order valence-corrected chi connectivity index (χ4v) is 4.51. The van der Waals surface area contributed by atoms with Gasteiger partial charge in [-0.25, -0.2) is 0 Å². The van der Waals surface area contributed by atoms with Crippen molar-refractivity contribution in [3.05, 3.63) is 35.4 Å². The molecule has 0 bridgehead atoms. The Morgan fingerprint density at radius 1 is 0.957 bits per heavy atom. The summed E-state index contributed by atoms with van der Waals surface area (Å²) in [4.78, 5) is 2.78. The van der Waals surface area contributed by atoms with Gasteiger partial charge in [0.1, 0.15) is 0 Å². The summed E-state index contributed by atoms with van der Waals surface area (Å²) in [5.74, 6) is 1.37. The molecule has 0 radical (unpaired) electrons. The van der Waals surface area contributed by atoms with Crippen LogP contribution in [-0.2, 0) is 5.41 Å². The van der Waals surface area contributed by atoms with Crippen LogP contribution in [0, 0.1) is 5.92 Å². The largest absolute Gasteiger partial charge is 0.300 e. The van der Waals surface area contributed by atoms with Crippen LogP contribution in [0.5, 0.6) is 0 Å². The highest BCUT2D eigenvalue weighted by molar-refractivity contribution is 5.31. The number of rotatable bonds is 4.